The van der Waals surface area contributed by atoms with Gasteiger partial charge in [0, 0.05) is 13.0 Å². The van der Waals surface area contributed by atoms with Crippen LogP contribution >= 0.6 is 0 Å². The fourth-order valence-electron chi connectivity index (χ4n) is 1.38. The van der Waals surface area contributed by atoms with Crippen LogP contribution in [0.15, 0.2) is 14.4 Å². The quantitative estimate of drug-likeness (QED) is 0.377. The monoisotopic (exact) mass is 326 g/mol. The van der Waals surface area contributed by atoms with Gasteiger partial charge in [-0.05, 0) is 6.42 Å². The van der Waals surface area contributed by atoms with Crippen LogP contribution in [0.3, 0.4) is 0 Å². The Morgan fingerprint density at radius 1 is 0.870 bits per heavy atom. The fourth-order valence-corrected chi connectivity index (χ4v) is 1.38. The second-order valence-corrected chi connectivity index (χ2v) is 4.19. The molecule has 0 aliphatic carbocycles. The Hall–Kier alpha value is -3.02. The average molecular weight is 326 g/mol. The van der Waals surface area contributed by atoms with Gasteiger partial charge in [-0.2, -0.15) is 15.0 Å². The number of aromatic nitrogens is 6. The third-order valence-corrected chi connectivity index (χ3v) is 2.22. The summed E-state index contributed by atoms with van der Waals surface area (Å²) in [5.74, 6) is 0.886. The van der Waals surface area contributed by atoms with Crippen molar-refractivity contribution in [1.82, 2.24) is 29.9 Å². The molecule has 0 radical (unpaired) electrons. The van der Waals surface area contributed by atoms with Crippen LogP contribution in [-0.2, 0) is 11.2 Å². The molecule has 2 rings (SSSR count). The predicted octanol–water partition coefficient (Wildman–Crippen LogP) is -2.24. The van der Waals surface area contributed by atoms with E-state index >= 15 is 0 Å². The molecule has 12 heteroatoms. The second-order valence-electron chi connectivity index (χ2n) is 4.19. The van der Waals surface area contributed by atoms with Crippen molar-refractivity contribution < 1.29 is 4.74 Å². The molecule has 0 saturated carbocycles. The van der Waals surface area contributed by atoms with Gasteiger partial charge in [-0.1, -0.05) is 6.92 Å². The summed E-state index contributed by atoms with van der Waals surface area (Å²) in [4.78, 5) is 47.4. The van der Waals surface area contributed by atoms with E-state index in [4.69, 9.17) is 16.2 Å². The first-order chi connectivity index (χ1) is 10.9. The molecule has 0 atom stereocenters. The van der Waals surface area contributed by atoms with Gasteiger partial charge in [-0.15, -0.1) is 0 Å². The van der Waals surface area contributed by atoms with Crippen molar-refractivity contribution in [2.45, 2.75) is 19.8 Å². The van der Waals surface area contributed by atoms with Crippen LogP contribution in [-0.4, -0.2) is 43.1 Å². The van der Waals surface area contributed by atoms with Crippen LogP contribution < -0.4 is 28.5 Å². The molecule has 0 fully saturated rings. The molecule has 0 unspecified atom stereocenters. The van der Waals surface area contributed by atoms with Crippen LogP contribution in [0.4, 0.5) is 11.9 Å². The number of nitrogens with zero attached hydrogens (tertiary/aromatic N) is 3. The number of anilines is 2. The van der Waals surface area contributed by atoms with Gasteiger partial charge in [0.1, 0.15) is 5.82 Å². The third kappa shape index (κ3) is 7.52. The molecule has 2 heterocycles. The molecule has 0 aliphatic heterocycles. The van der Waals surface area contributed by atoms with Crippen molar-refractivity contribution in [3.05, 3.63) is 37.3 Å². The van der Waals surface area contributed by atoms with Gasteiger partial charge in [0.25, 0.3) is 0 Å². The zero-order chi connectivity index (χ0) is 17.2. The first-order valence-electron chi connectivity index (χ1n) is 6.67. The summed E-state index contributed by atoms with van der Waals surface area (Å²) in [6.07, 6.45) is 1.61. The molecule has 23 heavy (non-hydrogen) atoms. The topological polar surface area (TPSA) is 199 Å². The number of hydrogen-bond acceptors (Lipinski definition) is 9. The highest BCUT2D eigenvalue weighted by Gasteiger charge is 2.01. The smallest absolute Gasteiger partial charge is 0.330 e. The second kappa shape index (κ2) is 9.09. The number of nitrogen functional groups attached to an aromatic ring is 2. The number of ether oxygens (including phenoxy) is 1. The molecule has 0 saturated heterocycles. The van der Waals surface area contributed by atoms with Crippen molar-refractivity contribution in [3.8, 4) is 0 Å². The van der Waals surface area contributed by atoms with E-state index in [1.807, 2.05) is 0 Å². The number of hydrogen-bond donors (Lipinski definition) is 5. The number of H-pyrrole nitrogens is 3. The van der Waals surface area contributed by atoms with Gasteiger partial charge in [-0.3, -0.25) is 15.0 Å². The van der Waals surface area contributed by atoms with Crippen molar-refractivity contribution in [2.24, 2.45) is 0 Å². The maximum atomic E-state index is 10.2. The molecule has 2 aromatic heterocycles. The lowest BCUT2D eigenvalue weighted by atomic mass is 10.4. The van der Waals surface area contributed by atoms with E-state index in [1.54, 1.807) is 15.0 Å². The SMILES string of the molecule is CCCOCCc1nc(N)nc(N)n1.O=c1[nH]c(=O)[nH]c(=O)[nH]1. The van der Waals surface area contributed by atoms with Crippen LogP contribution in [0.5, 0.6) is 0 Å². The largest absolute Gasteiger partial charge is 0.381 e. The summed E-state index contributed by atoms with van der Waals surface area (Å²) in [5.41, 5.74) is 8.41. The van der Waals surface area contributed by atoms with Gasteiger partial charge in [0.15, 0.2) is 0 Å². The number of aromatic amines is 3. The number of nitrogens with two attached hydrogens (primary N) is 2. The summed E-state index contributed by atoms with van der Waals surface area (Å²) in [7, 11) is 0. The van der Waals surface area contributed by atoms with Crippen molar-refractivity contribution >= 4 is 11.9 Å². The maximum absolute atomic E-state index is 10.2. The molecule has 0 aromatic carbocycles. The van der Waals surface area contributed by atoms with Gasteiger partial charge in [0.05, 0.1) is 6.61 Å². The predicted molar refractivity (Wildman–Crippen MR) is 81.8 cm³/mol. The molecule has 0 aliphatic rings. The van der Waals surface area contributed by atoms with E-state index in [9.17, 15) is 14.4 Å². The highest BCUT2D eigenvalue weighted by atomic mass is 16.5. The van der Waals surface area contributed by atoms with Crippen LogP contribution in [0.2, 0.25) is 0 Å². The Kier molecular flexibility index (Phi) is 7.13. The molecule has 0 bridgehead atoms. The van der Waals surface area contributed by atoms with Crippen LogP contribution in [0.25, 0.3) is 0 Å². The van der Waals surface area contributed by atoms with Crippen LogP contribution in [0, 0.1) is 0 Å². The van der Waals surface area contributed by atoms with E-state index in [2.05, 4.69) is 21.9 Å². The van der Waals surface area contributed by atoms with E-state index in [-0.39, 0.29) is 11.9 Å². The molecule has 0 amide bonds. The lowest BCUT2D eigenvalue weighted by Gasteiger charge is -2.02. The maximum Gasteiger partial charge on any atom is 0.330 e. The zero-order valence-electron chi connectivity index (χ0n) is 12.5. The molecule has 12 nitrogen and oxygen atoms in total. The van der Waals surface area contributed by atoms with Gasteiger partial charge < -0.3 is 16.2 Å². The lowest BCUT2D eigenvalue weighted by molar-refractivity contribution is 0.136. The van der Waals surface area contributed by atoms with Crippen molar-refractivity contribution in [1.29, 1.82) is 0 Å². The average Bonchev–Trinajstić information content (AvgIpc) is 2.42. The lowest BCUT2D eigenvalue weighted by Crippen LogP contribution is -2.34. The molecular weight excluding hydrogens is 308 g/mol. The zero-order valence-corrected chi connectivity index (χ0v) is 12.5. The van der Waals surface area contributed by atoms with Crippen LogP contribution in [0.1, 0.15) is 19.2 Å². The Bertz CT molecular complexity index is 682. The van der Waals surface area contributed by atoms with E-state index < -0.39 is 17.1 Å². The van der Waals surface area contributed by atoms with Crippen molar-refractivity contribution in [3.63, 3.8) is 0 Å². The van der Waals surface area contributed by atoms with E-state index in [0.29, 0.717) is 18.9 Å². The molecule has 0 spiro atoms. The Balaban J connectivity index is 0.000000253. The van der Waals surface area contributed by atoms with Gasteiger partial charge in [-0.25, -0.2) is 14.4 Å². The Morgan fingerprint density at radius 3 is 1.78 bits per heavy atom. The number of rotatable bonds is 5. The minimum absolute atomic E-state index is 0.156. The summed E-state index contributed by atoms with van der Waals surface area (Å²) in [6, 6.07) is 0. The number of nitrogens with one attached hydrogen (secondary N) is 3. The van der Waals surface area contributed by atoms with Crippen molar-refractivity contribution in [2.75, 3.05) is 24.7 Å². The Morgan fingerprint density at radius 2 is 1.35 bits per heavy atom. The highest BCUT2D eigenvalue weighted by molar-refractivity contribution is 5.25. The summed E-state index contributed by atoms with van der Waals surface area (Å²) in [6.45, 7) is 3.38. The normalized spacial score (nSPS) is 9.96. The van der Waals surface area contributed by atoms with E-state index in [1.165, 1.54) is 0 Å². The highest BCUT2D eigenvalue weighted by Crippen LogP contribution is 1.99. The third-order valence-electron chi connectivity index (χ3n) is 2.22. The summed E-state index contributed by atoms with van der Waals surface area (Å²) >= 11 is 0. The molecular formula is C11H18N8O4. The van der Waals surface area contributed by atoms with E-state index in [0.717, 1.165) is 13.0 Å². The first-order valence-corrected chi connectivity index (χ1v) is 6.67. The fraction of sp³-hybridized carbons (Fsp3) is 0.455. The summed E-state index contributed by atoms with van der Waals surface area (Å²) in [5, 5.41) is 0. The standard InChI is InChI=1S/C8H15N5O.C3H3N3O3/c1-2-4-14-5-3-6-11-7(9)13-8(10)12-6;7-1-4-2(8)6-3(9)5-1/h2-5H2,1H3,(H4,9,10,11,12,13);(H3,4,5,6,7,8,9). The summed E-state index contributed by atoms with van der Waals surface area (Å²) < 4.78 is 5.28. The molecule has 2 aromatic rings. The Labute approximate surface area is 129 Å². The minimum atomic E-state index is -0.802. The first kappa shape index (κ1) is 18.0. The minimum Gasteiger partial charge on any atom is -0.381 e. The van der Waals surface area contributed by atoms with Gasteiger partial charge >= 0.3 is 17.1 Å². The molecule has 126 valence electrons. The molecule has 7 N–H and O–H groups in total. The van der Waals surface area contributed by atoms with Gasteiger partial charge in [0.2, 0.25) is 11.9 Å².